The molecule has 1 saturated carbocycles. The molecule has 3 atom stereocenters. The molecule has 0 radical (unpaired) electrons. The van der Waals surface area contributed by atoms with Gasteiger partial charge in [0.2, 0.25) is 5.91 Å². The van der Waals surface area contributed by atoms with Crippen molar-refractivity contribution in [3.63, 3.8) is 0 Å². The molecule has 6 nitrogen and oxygen atoms in total. The smallest absolute Gasteiger partial charge is 0.290 e. The first-order valence-electron chi connectivity index (χ1n) is 8.55. The van der Waals surface area contributed by atoms with Gasteiger partial charge in [-0.2, -0.15) is 0 Å². The first kappa shape index (κ1) is 18.8. The standard InChI is InChI=1S/C17H25N3O3.ClH/c18-11-12-5-3-6-13(12)19-16(21)14-7-1-2-9-20(14)17(22)15-8-4-10-23-15;/h4,8,10,12-14H,1-3,5-7,9,11,18H2,(H,19,21);1H. The Kier molecular flexibility index (Phi) is 6.69. The summed E-state index contributed by atoms with van der Waals surface area (Å²) in [5.41, 5.74) is 5.79. The van der Waals surface area contributed by atoms with Crippen molar-refractivity contribution >= 4 is 24.2 Å². The lowest BCUT2D eigenvalue weighted by atomic mass is 9.99. The molecule has 1 aromatic rings. The predicted octanol–water partition coefficient (Wildman–Crippen LogP) is 1.94. The molecule has 1 aliphatic heterocycles. The van der Waals surface area contributed by atoms with Crippen LogP contribution in [0.1, 0.15) is 49.1 Å². The SMILES string of the molecule is Cl.NCC1CCCC1NC(=O)C1CCCCN1C(=O)c1ccco1. The second kappa shape index (κ2) is 8.53. The van der Waals surface area contributed by atoms with Gasteiger partial charge in [-0.3, -0.25) is 9.59 Å². The van der Waals surface area contributed by atoms with Crippen molar-refractivity contribution in [1.29, 1.82) is 0 Å². The van der Waals surface area contributed by atoms with Gasteiger partial charge < -0.3 is 20.4 Å². The average Bonchev–Trinajstić information content (AvgIpc) is 3.25. The Balaban J connectivity index is 0.00000208. The lowest BCUT2D eigenvalue weighted by Crippen LogP contribution is -2.54. The monoisotopic (exact) mass is 355 g/mol. The van der Waals surface area contributed by atoms with Crippen LogP contribution in [0.4, 0.5) is 0 Å². The molecule has 2 aliphatic rings. The van der Waals surface area contributed by atoms with Crippen molar-refractivity contribution in [1.82, 2.24) is 10.2 Å². The summed E-state index contributed by atoms with van der Waals surface area (Å²) in [6.45, 7) is 1.20. The van der Waals surface area contributed by atoms with Gasteiger partial charge in [0.25, 0.3) is 5.91 Å². The van der Waals surface area contributed by atoms with E-state index in [1.807, 2.05) is 0 Å². The number of piperidine rings is 1. The minimum atomic E-state index is -0.402. The van der Waals surface area contributed by atoms with E-state index in [4.69, 9.17) is 10.2 Å². The molecule has 1 aliphatic carbocycles. The van der Waals surface area contributed by atoms with E-state index in [9.17, 15) is 9.59 Å². The fourth-order valence-electron chi connectivity index (χ4n) is 3.78. The highest BCUT2D eigenvalue weighted by atomic mass is 35.5. The van der Waals surface area contributed by atoms with Crippen LogP contribution in [0.5, 0.6) is 0 Å². The van der Waals surface area contributed by atoms with Crippen LogP contribution in [0.3, 0.4) is 0 Å². The number of rotatable bonds is 4. The summed E-state index contributed by atoms with van der Waals surface area (Å²) in [6.07, 6.45) is 7.23. The van der Waals surface area contributed by atoms with E-state index < -0.39 is 6.04 Å². The van der Waals surface area contributed by atoms with E-state index in [1.165, 1.54) is 6.26 Å². The summed E-state index contributed by atoms with van der Waals surface area (Å²) >= 11 is 0. The third-order valence-corrected chi connectivity index (χ3v) is 5.09. The number of nitrogens with zero attached hydrogens (tertiary/aromatic N) is 1. The van der Waals surface area contributed by atoms with Gasteiger partial charge in [-0.25, -0.2) is 0 Å². The molecule has 0 bridgehead atoms. The summed E-state index contributed by atoms with van der Waals surface area (Å²) in [5, 5.41) is 3.14. The number of halogens is 1. The molecule has 1 aromatic heterocycles. The maximum Gasteiger partial charge on any atom is 0.290 e. The van der Waals surface area contributed by atoms with Gasteiger partial charge in [-0.1, -0.05) is 6.42 Å². The van der Waals surface area contributed by atoms with Gasteiger partial charge in [-0.05, 0) is 56.7 Å². The molecule has 134 valence electrons. The number of hydrogen-bond donors (Lipinski definition) is 2. The normalized spacial score (nSPS) is 26.7. The number of furan rings is 1. The van der Waals surface area contributed by atoms with E-state index >= 15 is 0 Å². The van der Waals surface area contributed by atoms with Gasteiger partial charge in [0.15, 0.2) is 5.76 Å². The lowest BCUT2D eigenvalue weighted by molar-refractivity contribution is -0.127. The molecule has 1 saturated heterocycles. The number of carbonyl (C=O) groups is 2. The first-order chi connectivity index (χ1) is 11.2. The van der Waals surface area contributed by atoms with Crippen molar-refractivity contribution in [3.8, 4) is 0 Å². The summed E-state index contributed by atoms with van der Waals surface area (Å²) in [5.74, 6) is 0.411. The molecule has 3 unspecified atom stereocenters. The van der Waals surface area contributed by atoms with Crippen molar-refractivity contribution < 1.29 is 14.0 Å². The molecule has 0 aromatic carbocycles. The van der Waals surface area contributed by atoms with Crippen molar-refractivity contribution in [2.75, 3.05) is 13.1 Å². The topological polar surface area (TPSA) is 88.6 Å². The van der Waals surface area contributed by atoms with Crippen molar-refractivity contribution in [2.45, 2.75) is 50.6 Å². The maximum absolute atomic E-state index is 12.7. The Morgan fingerprint density at radius 1 is 1.25 bits per heavy atom. The van der Waals surface area contributed by atoms with Crippen LogP contribution in [0, 0.1) is 5.92 Å². The van der Waals surface area contributed by atoms with Crippen molar-refractivity contribution in [2.24, 2.45) is 11.7 Å². The van der Waals surface area contributed by atoms with Crippen LogP contribution in [0.2, 0.25) is 0 Å². The average molecular weight is 356 g/mol. The minimum absolute atomic E-state index is 0. The summed E-state index contributed by atoms with van der Waals surface area (Å²) < 4.78 is 5.21. The van der Waals surface area contributed by atoms with Crippen LogP contribution in [-0.2, 0) is 4.79 Å². The third kappa shape index (κ3) is 3.92. The quantitative estimate of drug-likeness (QED) is 0.863. The van der Waals surface area contributed by atoms with Crippen LogP contribution in [0.15, 0.2) is 22.8 Å². The summed E-state index contributed by atoms with van der Waals surface area (Å²) in [7, 11) is 0. The molecular formula is C17H26ClN3O3. The van der Waals surface area contributed by atoms with Gasteiger partial charge in [0.05, 0.1) is 6.26 Å². The number of amides is 2. The third-order valence-electron chi connectivity index (χ3n) is 5.09. The number of nitrogens with two attached hydrogens (primary N) is 1. The van der Waals surface area contributed by atoms with Gasteiger partial charge in [0, 0.05) is 12.6 Å². The van der Waals surface area contributed by atoms with Crippen LogP contribution in [0.25, 0.3) is 0 Å². The largest absolute Gasteiger partial charge is 0.459 e. The fourth-order valence-corrected chi connectivity index (χ4v) is 3.78. The molecule has 24 heavy (non-hydrogen) atoms. The highest BCUT2D eigenvalue weighted by molar-refractivity contribution is 5.95. The number of likely N-dealkylation sites (tertiary alicyclic amines) is 1. The summed E-state index contributed by atoms with van der Waals surface area (Å²) in [6, 6.07) is 3.08. The number of carbonyl (C=O) groups excluding carboxylic acids is 2. The van der Waals surface area contributed by atoms with Crippen LogP contribution >= 0.6 is 12.4 Å². The highest BCUT2D eigenvalue weighted by Crippen LogP contribution is 2.26. The zero-order chi connectivity index (χ0) is 16.2. The molecule has 3 rings (SSSR count). The Hall–Kier alpha value is -1.53. The predicted molar refractivity (Wildman–Crippen MR) is 93.0 cm³/mol. The second-order valence-electron chi connectivity index (χ2n) is 6.53. The zero-order valence-corrected chi connectivity index (χ0v) is 14.6. The van der Waals surface area contributed by atoms with Gasteiger partial charge in [-0.15, -0.1) is 12.4 Å². The van der Waals surface area contributed by atoms with Crippen LogP contribution < -0.4 is 11.1 Å². The summed E-state index contributed by atoms with van der Waals surface area (Å²) in [4.78, 5) is 26.9. The Bertz CT molecular complexity index is 549. The second-order valence-corrected chi connectivity index (χ2v) is 6.53. The van der Waals surface area contributed by atoms with E-state index in [1.54, 1.807) is 17.0 Å². The fraction of sp³-hybridized carbons (Fsp3) is 0.647. The van der Waals surface area contributed by atoms with Crippen molar-refractivity contribution in [3.05, 3.63) is 24.2 Å². The number of hydrogen-bond acceptors (Lipinski definition) is 4. The zero-order valence-electron chi connectivity index (χ0n) is 13.8. The molecular weight excluding hydrogens is 330 g/mol. The van der Waals surface area contributed by atoms with E-state index in [2.05, 4.69) is 5.32 Å². The lowest BCUT2D eigenvalue weighted by Gasteiger charge is -2.35. The number of nitrogens with one attached hydrogen (secondary N) is 1. The highest BCUT2D eigenvalue weighted by Gasteiger charge is 2.36. The molecule has 3 N–H and O–H groups in total. The van der Waals surface area contributed by atoms with E-state index in [0.717, 1.165) is 32.1 Å². The van der Waals surface area contributed by atoms with Gasteiger partial charge >= 0.3 is 0 Å². The Morgan fingerprint density at radius 3 is 2.79 bits per heavy atom. The molecule has 0 spiro atoms. The van der Waals surface area contributed by atoms with Crippen LogP contribution in [-0.4, -0.2) is 41.9 Å². The van der Waals surface area contributed by atoms with E-state index in [0.29, 0.717) is 31.2 Å². The molecule has 2 fully saturated rings. The minimum Gasteiger partial charge on any atom is -0.459 e. The maximum atomic E-state index is 12.7. The van der Waals surface area contributed by atoms with E-state index in [-0.39, 0.29) is 30.3 Å². The Morgan fingerprint density at radius 2 is 2.08 bits per heavy atom. The first-order valence-corrected chi connectivity index (χ1v) is 8.55. The Labute approximate surface area is 148 Å². The molecule has 2 amide bonds. The van der Waals surface area contributed by atoms with Gasteiger partial charge in [0.1, 0.15) is 6.04 Å². The molecule has 7 heteroatoms. The molecule has 2 heterocycles.